The SMILES string of the molecule is N#CCC[C@H]1C[C@@H]2C[C@@H]3CCC[C@@H]3[C@@H]2C1=O. The third kappa shape index (κ3) is 1.41. The van der Waals surface area contributed by atoms with Crippen molar-refractivity contribution in [1.82, 2.24) is 0 Å². The summed E-state index contributed by atoms with van der Waals surface area (Å²) in [4.78, 5) is 12.3. The van der Waals surface area contributed by atoms with Crippen LogP contribution in [0, 0.1) is 40.9 Å². The number of Topliss-reactive ketones (excluding diaryl/α,β-unsaturated/α-hetero) is 1. The molecule has 0 radical (unpaired) electrons. The lowest BCUT2D eigenvalue weighted by molar-refractivity contribution is -0.125. The summed E-state index contributed by atoms with van der Waals surface area (Å²) in [5.74, 6) is 3.44. The van der Waals surface area contributed by atoms with Gasteiger partial charge in [-0.05, 0) is 43.4 Å². The van der Waals surface area contributed by atoms with E-state index in [1.54, 1.807) is 0 Å². The summed E-state index contributed by atoms with van der Waals surface area (Å²) < 4.78 is 0. The fourth-order valence-electron chi connectivity index (χ4n) is 4.65. The van der Waals surface area contributed by atoms with E-state index in [-0.39, 0.29) is 5.92 Å². The van der Waals surface area contributed by atoms with Gasteiger partial charge in [0.25, 0.3) is 0 Å². The highest BCUT2D eigenvalue weighted by atomic mass is 16.1. The maximum Gasteiger partial charge on any atom is 0.139 e. The first kappa shape index (κ1) is 10.3. The molecular weight excluding hydrogens is 198 g/mol. The van der Waals surface area contributed by atoms with Gasteiger partial charge in [-0.15, -0.1) is 0 Å². The van der Waals surface area contributed by atoms with Gasteiger partial charge in [0.1, 0.15) is 5.78 Å². The van der Waals surface area contributed by atoms with Crippen LogP contribution in [-0.4, -0.2) is 5.78 Å². The van der Waals surface area contributed by atoms with Crippen molar-refractivity contribution in [3.63, 3.8) is 0 Å². The van der Waals surface area contributed by atoms with E-state index in [9.17, 15) is 4.79 Å². The third-order valence-corrected chi connectivity index (χ3v) is 5.22. The summed E-state index contributed by atoms with van der Waals surface area (Å²) in [5, 5.41) is 8.60. The quantitative estimate of drug-likeness (QED) is 0.713. The predicted octanol–water partition coefficient (Wildman–Crippen LogP) is 2.93. The molecule has 0 bridgehead atoms. The van der Waals surface area contributed by atoms with Crippen molar-refractivity contribution in [2.45, 2.75) is 44.9 Å². The first-order valence-corrected chi connectivity index (χ1v) is 6.72. The standard InChI is InChI=1S/C14H19NO/c15-6-2-4-10-8-11-7-9-3-1-5-12(9)13(11)14(10)16/h9-13H,1-5,7-8H2/t9-,10-,11-,12-,13+/m0/s1. The minimum atomic E-state index is 0.233. The monoisotopic (exact) mass is 217 g/mol. The molecule has 0 spiro atoms. The van der Waals surface area contributed by atoms with Crippen LogP contribution in [0.2, 0.25) is 0 Å². The minimum absolute atomic E-state index is 0.233. The maximum atomic E-state index is 12.3. The molecule has 3 fully saturated rings. The molecule has 2 heteroatoms. The van der Waals surface area contributed by atoms with Crippen LogP contribution >= 0.6 is 0 Å². The van der Waals surface area contributed by atoms with E-state index in [1.807, 2.05) is 0 Å². The molecule has 0 aliphatic heterocycles. The number of hydrogen-bond donors (Lipinski definition) is 0. The first-order chi connectivity index (χ1) is 7.81. The summed E-state index contributed by atoms with van der Waals surface area (Å²) in [6.07, 6.45) is 7.79. The molecule has 3 aliphatic rings. The highest BCUT2D eigenvalue weighted by Crippen LogP contribution is 2.57. The number of fused-ring (bicyclic) bond motifs is 3. The molecule has 3 aliphatic carbocycles. The number of ketones is 1. The Balaban J connectivity index is 1.71. The smallest absolute Gasteiger partial charge is 0.139 e. The van der Waals surface area contributed by atoms with Crippen molar-refractivity contribution < 1.29 is 4.79 Å². The van der Waals surface area contributed by atoms with Gasteiger partial charge in [0.15, 0.2) is 0 Å². The van der Waals surface area contributed by atoms with Crippen LogP contribution in [0.1, 0.15) is 44.9 Å². The van der Waals surface area contributed by atoms with Crippen LogP contribution in [0.3, 0.4) is 0 Å². The van der Waals surface area contributed by atoms with E-state index in [0.29, 0.717) is 24.0 Å². The molecule has 86 valence electrons. The average Bonchev–Trinajstić information content (AvgIpc) is 2.88. The summed E-state index contributed by atoms with van der Waals surface area (Å²) >= 11 is 0. The van der Waals surface area contributed by atoms with Gasteiger partial charge in [-0.2, -0.15) is 5.26 Å². The fourth-order valence-corrected chi connectivity index (χ4v) is 4.65. The Labute approximate surface area is 97.0 Å². The van der Waals surface area contributed by atoms with E-state index in [2.05, 4.69) is 6.07 Å². The molecule has 3 rings (SSSR count). The topological polar surface area (TPSA) is 40.9 Å². The molecule has 0 heterocycles. The molecule has 0 amide bonds. The number of nitriles is 1. The molecule has 0 aromatic rings. The molecule has 0 aromatic carbocycles. The lowest BCUT2D eigenvalue weighted by atomic mass is 9.87. The van der Waals surface area contributed by atoms with Crippen molar-refractivity contribution >= 4 is 5.78 Å². The molecule has 0 saturated heterocycles. The Morgan fingerprint density at radius 3 is 2.94 bits per heavy atom. The summed E-state index contributed by atoms with van der Waals surface area (Å²) in [6.45, 7) is 0. The lowest BCUT2D eigenvalue weighted by Crippen LogP contribution is -2.21. The van der Waals surface area contributed by atoms with Gasteiger partial charge in [-0.1, -0.05) is 12.8 Å². The number of hydrogen-bond acceptors (Lipinski definition) is 2. The van der Waals surface area contributed by atoms with Crippen molar-refractivity contribution in [3.05, 3.63) is 0 Å². The van der Waals surface area contributed by atoms with Crippen molar-refractivity contribution in [1.29, 1.82) is 5.26 Å². The van der Waals surface area contributed by atoms with E-state index >= 15 is 0 Å². The second-order valence-electron chi connectivity index (χ2n) is 5.91. The van der Waals surface area contributed by atoms with E-state index in [4.69, 9.17) is 5.26 Å². The lowest BCUT2D eigenvalue weighted by Gasteiger charge is -2.16. The molecule has 0 unspecified atom stereocenters. The number of carbonyl (C=O) groups excluding carboxylic acids is 1. The molecule has 16 heavy (non-hydrogen) atoms. The highest BCUT2D eigenvalue weighted by Gasteiger charge is 2.53. The molecular formula is C14H19NO. The first-order valence-electron chi connectivity index (χ1n) is 6.72. The molecule has 0 N–H and O–H groups in total. The van der Waals surface area contributed by atoms with E-state index < -0.39 is 0 Å². The van der Waals surface area contributed by atoms with E-state index in [0.717, 1.165) is 24.7 Å². The Hall–Kier alpha value is -0.840. The number of nitrogens with zero attached hydrogens (tertiary/aromatic N) is 1. The normalized spacial score (nSPS) is 45.4. The van der Waals surface area contributed by atoms with Crippen LogP contribution in [-0.2, 0) is 4.79 Å². The maximum absolute atomic E-state index is 12.3. The Bertz CT molecular complexity index is 343. The van der Waals surface area contributed by atoms with Gasteiger partial charge >= 0.3 is 0 Å². The molecule has 0 aromatic heterocycles. The van der Waals surface area contributed by atoms with Crippen LogP contribution in [0.5, 0.6) is 0 Å². The molecule has 3 saturated carbocycles. The van der Waals surface area contributed by atoms with Gasteiger partial charge in [-0.25, -0.2) is 0 Å². The minimum Gasteiger partial charge on any atom is -0.299 e. The highest BCUT2D eigenvalue weighted by molar-refractivity contribution is 5.86. The Kier molecular flexibility index (Phi) is 2.50. The van der Waals surface area contributed by atoms with E-state index in [1.165, 1.54) is 25.7 Å². The molecule has 2 nitrogen and oxygen atoms in total. The van der Waals surface area contributed by atoms with Crippen molar-refractivity contribution in [3.8, 4) is 6.07 Å². The zero-order chi connectivity index (χ0) is 11.1. The van der Waals surface area contributed by atoms with Crippen LogP contribution in [0.25, 0.3) is 0 Å². The second-order valence-corrected chi connectivity index (χ2v) is 5.91. The number of carbonyl (C=O) groups is 1. The Morgan fingerprint density at radius 2 is 2.12 bits per heavy atom. The second kappa shape index (κ2) is 3.87. The van der Waals surface area contributed by atoms with Gasteiger partial charge in [0.05, 0.1) is 6.07 Å². The van der Waals surface area contributed by atoms with Crippen molar-refractivity contribution in [2.75, 3.05) is 0 Å². The average molecular weight is 217 g/mol. The third-order valence-electron chi connectivity index (χ3n) is 5.22. The summed E-state index contributed by atoms with van der Waals surface area (Å²) in [5.41, 5.74) is 0. The van der Waals surface area contributed by atoms with Crippen LogP contribution in [0.15, 0.2) is 0 Å². The Morgan fingerprint density at radius 1 is 1.25 bits per heavy atom. The van der Waals surface area contributed by atoms with Gasteiger partial charge in [0.2, 0.25) is 0 Å². The zero-order valence-electron chi connectivity index (χ0n) is 9.69. The molecule has 5 atom stereocenters. The van der Waals surface area contributed by atoms with Crippen molar-refractivity contribution in [2.24, 2.45) is 29.6 Å². The van der Waals surface area contributed by atoms with Crippen LogP contribution < -0.4 is 0 Å². The number of rotatable bonds is 2. The van der Waals surface area contributed by atoms with Gasteiger partial charge < -0.3 is 0 Å². The summed E-state index contributed by atoms with van der Waals surface area (Å²) in [6, 6.07) is 2.17. The fraction of sp³-hybridized carbons (Fsp3) is 0.857. The largest absolute Gasteiger partial charge is 0.299 e. The zero-order valence-corrected chi connectivity index (χ0v) is 9.69. The van der Waals surface area contributed by atoms with Crippen LogP contribution in [0.4, 0.5) is 0 Å². The predicted molar refractivity (Wildman–Crippen MR) is 60.4 cm³/mol. The summed E-state index contributed by atoms with van der Waals surface area (Å²) in [7, 11) is 0. The van der Waals surface area contributed by atoms with Gasteiger partial charge in [-0.3, -0.25) is 4.79 Å². The van der Waals surface area contributed by atoms with Gasteiger partial charge in [0, 0.05) is 18.3 Å².